The maximum atomic E-state index is 13.5. The van der Waals surface area contributed by atoms with Gasteiger partial charge < -0.3 is 15.2 Å². The quantitative estimate of drug-likeness (QED) is 0.794. The zero-order valence-electron chi connectivity index (χ0n) is 14.1. The van der Waals surface area contributed by atoms with Gasteiger partial charge in [0.05, 0.1) is 30.9 Å². The molecule has 2 aromatic carbocycles. The first-order valence-corrected chi connectivity index (χ1v) is 8.19. The van der Waals surface area contributed by atoms with E-state index in [9.17, 15) is 23.1 Å². The van der Waals surface area contributed by atoms with E-state index in [1.54, 1.807) is 30.3 Å². The van der Waals surface area contributed by atoms with Gasteiger partial charge in [-0.15, -0.1) is 0 Å². The molecular weight excluding hydrogens is 359 g/mol. The Balaban J connectivity index is 1.84. The van der Waals surface area contributed by atoms with Gasteiger partial charge in [0.15, 0.2) is 0 Å². The summed E-state index contributed by atoms with van der Waals surface area (Å²) >= 11 is 0. The van der Waals surface area contributed by atoms with Crippen molar-refractivity contribution in [2.75, 3.05) is 13.2 Å². The molecule has 27 heavy (non-hydrogen) atoms. The van der Waals surface area contributed by atoms with Crippen molar-refractivity contribution in [3.63, 3.8) is 0 Å². The minimum Gasteiger partial charge on any atom is -0.388 e. The molecule has 0 aliphatic carbocycles. The predicted molar refractivity (Wildman–Crippen MR) is 92.5 cm³/mol. The first-order chi connectivity index (χ1) is 12.8. The van der Waals surface area contributed by atoms with Crippen molar-refractivity contribution in [2.45, 2.75) is 18.3 Å². The number of hydrogen-bond acceptors (Lipinski definition) is 3. The molecular formula is C20H16F3NO3. The van der Waals surface area contributed by atoms with Crippen molar-refractivity contribution in [3.8, 4) is 23.0 Å². The number of carbonyl (C=O) groups is 1. The van der Waals surface area contributed by atoms with E-state index in [0.29, 0.717) is 5.56 Å². The number of ether oxygens (including phenoxy) is 1. The van der Waals surface area contributed by atoms with Crippen LogP contribution >= 0.6 is 0 Å². The Hall–Kier alpha value is -2.82. The summed E-state index contributed by atoms with van der Waals surface area (Å²) < 4.78 is 45.4. The number of amides is 1. The van der Waals surface area contributed by atoms with Crippen molar-refractivity contribution < 1.29 is 27.8 Å². The van der Waals surface area contributed by atoms with Crippen LogP contribution in [-0.4, -0.2) is 36.4 Å². The monoisotopic (exact) mass is 375 g/mol. The first-order valence-electron chi connectivity index (χ1n) is 8.19. The molecule has 4 nitrogen and oxygen atoms in total. The molecule has 0 aromatic heterocycles. The van der Waals surface area contributed by atoms with E-state index in [1.165, 1.54) is 12.1 Å². The first kappa shape index (κ1) is 19.0. The second-order valence-electron chi connectivity index (χ2n) is 6.06. The molecule has 0 bridgehead atoms. The van der Waals surface area contributed by atoms with Gasteiger partial charge in [0.25, 0.3) is 5.91 Å². The third kappa shape index (κ3) is 4.67. The number of halogens is 3. The molecule has 0 unspecified atom stereocenters. The Morgan fingerprint density at radius 1 is 1.15 bits per heavy atom. The molecule has 1 aliphatic rings. The lowest BCUT2D eigenvalue weighted by atomic mass is 9.97. The molecule has 1 saturated heterocycles. The SMILES string of the molecule is O=C(C#Cc1ccc(-c2ccccc2)c(C(F)(F)F)c1)N[C@H]1COC[C@H]1O. The van der Waals surface area contributed by atoms with Crippen molar-refractivity contribution in [3.05, 3.63) is 59.7 Å². The lowest BCUT2D eigenvalue weighted by molar-refractivity contribution is -0.137. The number of benzene rings is 2. The van der Waals surface area contributed by atoms with E-state index in [-0.39, 0.29) is 24.3 Å². The van der Waals surface area contributed by atoms with Crippen molar-refractivity contribution in [2.24, 2.45) is 0 Å². The van der Waals surface area contributed by atoms with E-state index in [0.717, 1.165) is 6.07 Å². The molecule has 2 aromatic rings. The van der Waals surface area contributed by atoms with Crippen LogP contribution in [0.1, 0.15) is 11.1 Å². The van der Waals surface area contributed by atoms with E-state index < -0.39 is 29.8 Å². The third-order valence-electron chi connectivity index (χ3n) is 4.10. The van der Waals surface area contributed by atoms with Crippen molar-refractivity contribution in [1.82, 2.24) is 5.32 Å². The molecule has 0 saturated carbocycles. The molecule has 0 spiro atoms. The maximum Gasteiger partial charge on any atom is 0.417 e. The Kier molecular flexibility index (Phi) is 5.49. The molecule has 2 atom stereocenters. The van der Waals surface area contributed by atoms with Gasteiger partial charge in [0.2, 0.25) is 0 Å². The summed E-state index contributed by atoms with van der Waals surface area (Å²) in [4.78, 5) is 11.8. The summed E-state index contributed by atoms with van der Waals surface area (Å²) in [6, 6.07) is 11.4. The molecule has 1 heterocycles. The van der Waals surface area contributed by atoms with Gasteiger partial charge in [-0.3, -0.25) is 4.79 Å². The van der Waals surface area contributed by atoms with Crippen LogP contribution in [0, 0.1) is 11.8 Å². The second-order valence-corrected chi connectivity index (χ2v) is 6.06. The van der Waals surface area contributed by atoms with Crippen LogP contribution in [-0.2, 0) is 15.7 Å². The normalized spacial score (nSPS) is 19.3. The summed E-state index contributed by atoms with van der Waals surface area (Å²) in [5.41, 5.74) is -0.262. The van der Waals surface area contributed by atoms with E-state index in [1.807, 2.05) is 0 Å². The predicted octanol–water partition coefficient (Wildman–Crippen LogP) is 2.60. The fraction of sp³-hybridized carbons (Fsp3) is 0.250. The lowest BCUT2D eigenvalue weighted by Crippen LogP contribution is -2.41. The molecule has 1 aliphatic heterocycles. The molecule has 1 fully saturated rings. The van der Waals surface area contributed by atoms with Gasteiger partial charge in [-0.25, -0.2) is 0 Å². The Morgan fingerprint density at radius 3 is 2.52 bits per heavy atom. The van der Waals surface area contributed by atoms with Crippen LogP contribution in [0.4, 0.5) is 13.2 Å². The van der Waals surface area contributed by atoms with Crippen LogP contribution in [0.2, 0.25) is 0 Å². The Bertz CT molecular complexity index is 885. The number of hydrogen-bond donors (Lipinski definition) is 2. The van der Waals surface area contributed by atoms with Crippen LogP contribution in [0.15, 0.2) is 48.5 Å². The number of nitrogens with one attached hydrogen (secondary N) is 1. The maximum absolute atomic E-state index is 13.5. The van der Waals surface area contributed by atoms with E-state index in [2.05, 4.69) is 17.2 Å². The summed E-state index contributed by atoms with van der Waals surface area (Å²) in [5.74, 6) is 4.00. The fourth-order valence-electron chi connectivity index (χ4n) is 2.74. The molecule has 2 N–H and O–H groups in total. The van der Waals surface area contributed by atoms with Gasteiger partial charge in [0, 0.05) is 11.5 Å². The molecule has 7 heteroatoms. The van der Waals surface area contributed by atoms with Gasteiger partial charge in [-0.1, -0.05) is 42.3 Å². The highest BCUT2D eigenvalue weighted by Crippen LogP contribution is 2.37. The Labute approximate surface area is 154 Å². The lowest BCUT2D eigenvalue weighted by Gasteiger charge is -2.13. The zero-order chi connectivity index (χ0) is 19.4. The second kappa shape index (κ2) is 7.82. The zero-order valence-corrected chi connectivity index (χ0v) is 14.1. The third-order valence-corrected chi connectivity index (χ3v) is 4.10. The summed E-state index contributed by atoms with van der Waals surface area (Å²) in [5, 5.41) is 12.0. The van der Waals surface area contributed by atoms with E-state index in [4.69, 9.17) is 4.74 Å². The molecule has 3 rings (SSSR count). The number of aliphatic hydroxyl groups excluding tert-OH is 1. The van der Waals surface area contributed by atoms with E-state index >= 15 is 0 Å². The van der Waals surface area contributed by atoms with Crippen LogP contribution in [0.5, 0.6) is 0 Å². The van der Waals surface area contributed by atoms with Crippen LogP contribution < -0.4 is 5.32 Å². The number of rotatable bonds is 2. The van der Waals surface area contributed by atoms with Crippen molar-refractivity contribution in [1.29, 1.82) is 0 Å². The highest BCUT2D eigenvalue weighted by molar-refractivity contribution is 5.94. The Morgan fingerprint density at radius 2 is 1.89 bits per heavy atom. The summed E-state index contributed by atoms with van der Waals surface area (Å²) in [6.45, 7) is 0.285. The number of aliphatic hydroxyl groups is 1. The van der Waals surface area contributed by atoms with Gasteiger partial charge >= 0.3 is 6.18 Å². The fourth-order valence-corrected chi connectivity index (χ4v) is 2.74. The van der Waals surface area contributed by atoms with Crippen molar-refractivity contribution >= 4 is 5.91 Å². The standard InChI is InChI=1S/C20H16F3NO3/c21-20(22,23)16-10-13(6-8-15(16)14-4-2-1-3-5-14)7-9-19(26)24-17-11-27-12-18(17)25/h1-6,8,10,17-18,25H,11-12H2,(H,24,26)/t17-,18+/m0/s1. The van der Waals surface area contributed by atoms with Crippen LogP contribution in [0.3, 0.4) is 0 Å². The average molecular weight is 375 g/mol. The summed E-state index contributed by atoms with van der Waals surface area (Å²) in [7, 11) is 0. The van der Waals surface area contributed by atoms with Gasteiger partial charge in [0.1, 0.15) is 0 Å². The molecule has 140 valence electrons. The average Bonchev–Trinajstić information content (AvgIpc) is 3.04. The van der Waals surface area contributed by atoms with Gasteiger partial charge in [-0.2, -0.15) is 13.2 Å². The smallest absolute Gasteiger partial charge is 0.388 e. The highest BCUT2D eigenvalue weighted by Gasteiger charge is 2.34. The number of alkyl halides is 3. The minimum absolute atomic E-state index is 0.0457. The molecule has 0 radical (unpaired) electrons. The van der Waals surface area contributed by atoms with Crippen LogP contribution in [0.25, 0.3) is 11.1 Å². The van der Waals surface area contributed by atoms with Gasteiger partial charge in [-0.05, 0) is 23.3 Å². The highest BCUT2D eigenvalue weighted by atomic mass is 19.4. The topological polar surface area (TPSA) is 58.6 Å². The minimum atomic E-state index is -4.56. The largest absolute Gasteiger partial charge is 0.417 e. The number of carbonyl (C=O) groups excluding carboxylic acids is 1. The molecule has 1 amide bonds. The summed E-state index contributed by atoms with van der Waals surface area (Å²) in [6.07, 6.45) is -5.38.